The topological polar surface area (TPSA) is 66.5 Å². The maximum Gasteiger partial charge on any atom is 0.126 e. The van der Waals surface area contributed by atoms with Crippen LogP contribution in [0.4, 0.5) is 5.82 Å². The van der Waals surface area contributed by atoms with E-state index in [-0.39, 0.29) is 0 Å². The van der Waals surface area contributed by atoms with Gasteiger partial charge in [0.1, 0.15) is 11.9 Å². The Labute approximate surface area is 141 Å². The maximum atomic E-state index is 8.81. The lowest BCUT2D eigenvalue weighted by Gasteiger charge is -2.07. The van der Waals surface area contributed by atoms with Crippen LogP contribution in [-0.4, -0.2) is 14.8 Å². The average molecular weight is 317 g/mol. The average Bonchev–Trinajstić information content (AvgIpc) is 2.88. The molecule has 0 radical (unpaired) electrons. The van der Waals surface area contributed by atoms with E-state index >= 15 is 0 Å². The summed E-state index contributed by atoms with van der Waals surface area (Å²) < 4.78 is 2.04. The summed E-state index contributed by atoms with van der Waals surface area (Å²) in [6.45, 7) is 5.54. The molecule has 1 N–H and O–H groups in total. The van der Waals surface area contributed by atoms with E-state index in [1.807, 2.05) is 35.9 Å². The predicted molar refractivity (Wildman–Crippen MR) is 93.5 cm³/mol. The third-order valence-electron chi connectivity index (χ3n) is 4.05. The molecule has 120 valence electrons. The Morgan fingerprint density at radius 2 is 1.92 bits per heavy atom. The lowest BCUT2D eigenvalue weighted by molar-refractivity contribution is 0.658. The Morgan fingerprint density at radius 3 is 2.58 bits per heavy atom. The summed E-state index contributed by atoms with van der Waals surface area (Å²) in [5, 5.41) is 16.8. The molecule has 0 aliphatic rings. The smallest absolute Gasteiger partial charge is 0.126 e. The number of hydrogen-bond donors (Lipinski definition) is 1. The van der Waals surface area contributed by atoms with Crippen LogP contribution in [0.25, 0.3) is 0 Å². The molecule has 3 aromatic rings. The maximum absolute atomic E-state index is 8.81. The van der Waals surface area contributed by atoms with E-state index < -0.39 is 0 Å². The summed E-state index contributed by atoms with van der Waals surface area (Å²) in [5.74, 6) is 0.753. The highest BCUT2D eigenvalue weighted by Gasteiger charge is 2.11. The standard InChI is InChI=1S/C19H19N5/c1-14-18(12-22-19-9-8-17(10-20)11-21-19)15(2)24(23-14)13-16-6-4-3-5-7-16/h3-9,11H,12-13H2,1-2H3,(H,21,22). The van der Waals surface area contributed by atoms with Gasteiger partial charge in [0.15, 0.2) is 0 Å². The highest BCUT2D eigenvalue weighted by atomic mass is 15.3. The zero-order valence-corrected chi connectivity index (χ0v) is 13.8. The van der Waals surface area contributed by atoms with Crippen molar-refractivity contribution in [2.24, 2.45) is 0 Å². The van der Waals surface area contributed by atoms with Gasteiger partial charge in [-0.15, -0.1) is 0 Å². The van der Waals surface area contributed by atoms with Gasteiger partial charge in [0.25, 0.3) is 0 Å². The molecular weight excluding hydrogens is 298 g/mol. The fourth-order valence-corrected chi connectivity index (χ4v) is 2.64. The number of hydrogen-bond acceptors (Lipinski definition) is 4. The van der Waals surface area contributed by atoms with Crippen LogP contribution >= 0.6 is 0 Å². The van der Waals surface area contributed by atoms with E-state index in [1.54, 1.807) is 12.3 Å². The molecule has 0 fully saturated rings. The second-order valence-corrected chi connectivity index (χ2v) is 5.69. The van der Waals surface area contributed by atoms with Crippen LogP contribution in [0.3, 0.4) is 0 Å². The van der Waals surface area contributed by atoms with Gasteiger partial charge >= 0.3 is 0 Å². The Balaban J connectivity index is 1.73. The SMILES string of the molecule is Cc1nn(Cc2ccccc2)c(C)c1CNc1ccc(C#N)cn1. The van der Waals surface area contributed by atoms with Crippen molar-refractivity contribution in [3.05, 3.63) is 76.7 Å². The Kier molecular flexibility index (Phi) is 4.57. The molecule has 0 spiro atoms. The molecule has 0 unspecified atom stereocenters. The molecule has 0 saturated carbocycles. The van der Waals surface area contributed by atoms with Crippen LogP contribution in [-0.2, 0) is 13.1 Å². The van der Waals surface area contributed by atoms with Crippen molar-refractivity contribution >= 4 is 5.82 Å². The number of rotatable bonds is 5. The van der Waals surface area contributed by atoms with Crippen molar-refractivity contribution in [1.82, 2.24) is 14.8 Å². The number of benzene rings is 1. The van der Waals surface area contributed by atoms with Crippen LogP contribution < -0.4 is 5.32 Å². The number of nitriles is 1. The molecular formula is C19H19N5. The monoisotopic (exact) mass is 317 g/mol. The summed E-state index contributed by atoms with van der Waals surface area (Å²) in [6.07, 6.45) is 1.57. The van der Waals surface area contributed by atoms with E-state index in [9.17, 15) is 0 Å². The molecule has 2 heterocycles. The second-order valence-electron chi connectivity index (χ2n) is 5.69. The minimum absolute atomic E-state index is 0.559. The minimum Gasteiger partial charge on any atom is -0.366 e. The normalized spacial score (nSPS) is 10.4. The molecule has 0 aliphatic carbocycles. The molecule has 5 heteroatoms. The van der Waals surface area contributed by atoms with Crippen LogP contribution in [0.1, 0.15) is 28.1 Å². The Morgan fingerprint density at radius 1 is 1.12 bits per heavy atom. The van der Waals surface area contributed by atoms with Gasteiger partial charge in [-0.1, -0.05) is 30.3 Å². The van der Waals surface area contributed by atoms with E-state index in [4.69, 9.17) is 5.26 Å². The van der Waals surface area contributed by atoms with E-state index in [0.29, 0.717) is 12.1 Å². The third-order valence-corrected chi connectivity index (χ3v) is 4.05. The van der Waals surface area contributed by atoms with Crippen LogP contribution in [0.5, 0.6) is 0 Å². The van der Waals surface area contributed by atoms with Crippen molar-refractivity contribution in [2.75, 3.05) is 5.32 Å². The van der Waals surface area contributed by atoms with Gasteiger partial charge in [-0.05, 0) is 31.5 Å². The fourth-order valence-electron chi connectivity index (χ4n) is 2.64. The van der Waals surface area contributed by atoms with Gasteiger partial charge < -0.3 is 5.32 Å². The minimum atomic E-state index is 0.559. The number of nitrogens with one attached hydrogen (secondary N) is 1. The third kappa shape index (κ3) is 3.44. The van der Waals surface area contributed by atoms with Crippen LogP contribution in [0.15, 0.2) is 48.7 Å². The molecule has 0 amide bonds. The van der Waals surface area contributed by atoms with E-state index in [1.165, 1.54) is 11.1 Å². The highest BCUT2D eigenvalue weighted by molar-refractivity contribution is 5.40. The number of anilines is 1. The Bertz CT molecular complexity index is 857. The summed E-state index contributed by atoms with van der Waals surface area (Å²) in [5.41, 5.74) is 5.14. The molecule has 0 saturated heterocycles. The largest absolute Gasteiger partial charge is 0.366 e. The van der Waals surface area contributed by atoms with Crippen molar-refractivity contribution in [2.45, 2.75) is 26.9 Å². The van der Waals surface area contributed by atoms with Crippen LogP contribution in [0.2, 0.25) is 0 Å². The first-order chi connectivity index (χ1) is 11.7. The zero-order valence-electron chi connectivity index (χ0n) is 13.8. The first-order valence-electron chi connectivity index (χ1n) is 7.84. The first kappa shape index (κ1) is 15.8. The summed E-state index contributed by atoms with van der Waals surface area (Å²) in [7, 11) is 0. The van der Waals surface area contributed by atoms with Crippen LogP contribution in [0, 0.1) is 25.2 Å². The molecule has 0 bridgehead atoms. The van der Waals surface area contributed by atoms with E-state index in [0.717, 1.165) is 23.8 Å². The Hall–Kier alpha value is -3.13. The predicted octanol–water partition coefficient (Wildman–Crippen LogP) is 3.43. The first-order valence-corrected chi connectivity index (χ1v) is 7.84. The number of nitrogens with zero attached hydrogens (tertiary/aromatic N) is 4. The lowest BCUT2D eigenvalue weighted by atomic mass is 10.2. The molecule has 24 heavy (non-hydrogen) atoms. The summed E-state index contributed by atoms with van der Waals surface area (Å²) in [6, 6.07) is 16.0. The molecule has 2 aromatic heterocycles. The second kappa shape index (κ2) is 6.97. The van der Waals surface area contributed by atoms with Gasteiger partial charge in [-0.2, -0.15) is 10.4 Å². The lowest BCUT2D eigenvalue weighted by Crippen LogP contribution is -2.06. The van der Waals surface area contributed by atoms with E-state index in [2.05, 4.69) is 40.5 Å². The molecule has 3 rings (SSSR count). The molecule has 1 aromatic carbocycles. The summed E-state index contributed by atoms with van der Waals surface area (Å²) in [4.78, 5) is 4.24. The van der Waals surface area contributed by atoms with Crippen molar-refractivity contribution in [1.29, 1.82) is 5.26 Å². The number of aryl methyl sites for hydroxylation is 1. The fraction of sp³-hybridized carbons (Fsp3) is 0.211. The van der Waals surface area contributed by atoms with Gasteiger partial charge in [0.2, 0.25) is 0 Å². The quantitative estimate of drug-likeness (QED) is 0.783. The van der Waals surface area contributed by atoms with Gasteiger partial charge in [0, 0.05) is 24.0 Å². The molecule has 0 atom stereocenters. The highest BCUT2D eigenvalue weighted by Crippen LogP contribution is 2.16. The zero-order chi connectivity index (χ0) is 16.9. The molecule has 0 aliphatic heterocycles. The van der Waals surface area contributed by atoms with Crippen molar-refractivity contribution in [3.63, 3.8) is 0 Å². The van der Waals surface area contributed by atoms with Crippen molar-refractivity contribution in [3.8, 4) is 6.07 Å². The summed E-state index contributed by atoms with van der Waals surface area (Å²) >= 11 is 0. The van der Waals surface area contributed by atoms with Gasteiger partial charge in [0.05, 0.1) is 17.8 Å². The van der Waals surface area contributed by atoms with Crippen molar-refractivity contribution < 1.29 is 0 Å². The van der Waals surface area contributed by atoms with Gasteiger partial charge in [-0.25, -0.2) is 4.98 Å². The van der Waals surface area contributed by atoms with Gasteiger partial charge in [-0.3, -0.25) is 4.68 Å². The molecule has 5 nitrogen and oxygen atoms in total. The number of aromatic nitrogens is 3. The number of pyridine rings is 1.